The van der Waals surface area contributed by atoms with E-state index in [2.05, 4.69) is 20.6 Å². The van der Waals surface area contributed by atoms with E-state index in [0.717, 1.165) is 26.0 Å². The Hall–Kier alpha value is -1.69. The van der Waals surface area contributed by atoms with Crippen LogP contribution in [0.25, 0.3) is 0 Å². The highest BCUT2D eigenvalue weighted by Gasteiger charge is 2.18. The number of ether oxygens (including phenoxy) is 1. The van der Waals surface area contributed by atoms with Crippen LogP contribution in [-0.4, -0.2) is 41.7 Å². The second kappa shape index (κ2) is 6.30. The Labute approximate surface area is 106 Å². The zero-order valence-corrected chi connectivity index (χ0v) is 10.5. The van der Waals surface area contributed by atoms with Crippen molar-refractivity contribution in [1.82, 2.24) is 15.3 Å². The van der Waals surface area contributed by atoms with Crippen LogP contribution in [0, 0.1) is 0 Å². The molecule has 0 spiro atoms. The Kier molecular flexibility index (Phi) is 4.46. The van der Waals surface area contributed by atoms with Crippen LogP contribution < -0.4 is 10.6 Å². The van der Waals surface area contributed by atoms with Crippen LogP contribution in [-0.2, 0) is 4.74 Å². The number of nitrogens with one attached hydrogen (secondary N) is 2. The predicted molar refractivity (Wildman–Crippen MR) is 67.5 cm³/mol. The topological polar surface area (TPSA) is 76.1 Å². The fraction of sp³-hybridized carbons (Fsp3) is 0.583. The first-order valence-electron chi connectivity index (χ1n) is 6.24. The van der Waals surface area contributed by atoms with Crippen molar-refractivity contribution >= 4 is 11.7 Å². The number of rotatable bonds is 4. The lowest BCUT2D eigenvalue weighted by atomic mass is 10.1. The molecule has 18 heavy (non-hydrogen) atoms. The van der Waals surface area contributed by atoms with Crippen molar-refractivity contribution in [3.05, 3.63) is 18.1 Å². The Morgan fingerprint density at radius 3 is 3.17 bits per heavy atom. The maximum Gasteiger partial charge on any atom is 0.271 e. The van der Waals surface area contributed by atoms with Gasteiger partial charge in [-0.2, -0.15) is 0 Å². The maximum atomic E-state index is 12.0. The van der Waals surface area contributed by atoms with Gasteiger partial charge in [0.1, 0.15) is 11.5 Å². The fourth-order valence-electron chi connectivity index (χ4n) is 1.86. The van der Waals surface area contributed by atoms with Crippen LogP contribution in [0.15, 0.2) is 12.4 Å². The number of nitrogens with zero attached hydrogens (tertiary/aromatic N) is 2. The van der Waals surface area contributed by atoms with E-state index in [-0.39, 0.29) is 11.9 Å². The van der Waals surface area contributed by atoms with Crippen LogP contribution in [0.5, 0.6) is 0 Å². The lowest BCUT2D eigenvalue weighted by molar-refractivity contribution is 0.0622. The Balaban J connectivity index is 1.96. The van der Waals surface area contributed by atoms with E-state index in [1.165, 1.54) is 6.20 Å². The minimum absolute atomic E-state index is 0.0795. The van der Waals surface area contributed by atoms with E-state index in [1.54, 1.807) is 6.20 Å². The first kappa shape index (κ1) is 12.8. The zero-order valence-electron chi connectivity index (χ0n) is 10.5. The number of aromatic nitrogens is 2. The number of carbonyl (C=O) groups excluding carboxylic acids is 1. The highest BCUT2D eigenvalue weighted by molar-refractivity contribution is 5.92. The van der Waals surface area contributed by atoms with Crippen LogP contribution in [0.4, 0.5) is 5.82 Å². The molecule has 1 aromatic heterocycles. The third kappa shape index (κ3) is 3.40. The molecule has 2 N–H and O–H groups in total. The molecule has 6 heteroatoms. The second-order valence-electron chi connectivity index (χ2n) is 4.21. The Morgan fingerprint density at radius 1 is 1.56 bits per heavy atom. The van der Waals surface area contributed by atoms with E-state index in [1.807, 2.05) is 6.92 Å². The summed E-state index contributed by atoms with van der Waals surface area (Å²) in [5, 5.41) is 5.94. The molecule has 0 aromatic carbocycles. The molecule has 1 aromatic rings. The van der Waals surface area contributed by atoms with Gasteiger partial charge in [-0.05, 0) is 19.8 Å². The number of hydrogen-bond donors (Lipinski definition) is 2. The van der Waals surface area contributed by atoms with Gasteiger partial charge in [-0.15, -0.1) is 0 Å². The molecular formula is C12H18N4O2. The standard InChI is InChI=1S/C12H18N4O2/c1-2-14-11-7-13-6-10(16-11)12(17)15-9-4-3-5-18-8-9/h6-7,9H,2-5,8H2,1H3,(H,14,16)(H,15,17). The number of amides is 1. The van der Waals surface area contributed by atoms with E-state index in [0.29, 0.717) is 18.1 Å². The molecule has 0 radical (unpaired) electrons. The lowest BCUT2D eigenvalue weighted by Gasteiger charge is -2.22. The highest BCUT2D eigenvalue weighted by Crippen LogP contribution is 2.07. The smallest absolute Gasteiger partial charge is 0.271 e. The Bertz CT molecular complexity index is 405. The quantitative estimate of drug-likeness (QED) is 0.827. The molecule has 0 bridgehead atoms. The summed E-state index contributed by atoms with van der Waals surface area (Å²) < 4.78 is 5.32. The van der Waals surface area contributed by atoms with Gasteiger partial charge in [-0.3, -0.25) is 9.78 Å². The third-order valence-electron chi connectivity index (χ3n) is 2.72. The lowest BCUT2D eigenvalue weighted by Crippen LogP contribution is -2.41. The second-order valence-corrected chi connectivity index (χ2v) is 4.21. The average molecular weight is 250 g/mol. The number of anilines is 1. The largest absolute Gasteiger partial charge is 0.379 e. The molecule has 6 nitrogen and oxygen atoms in total. The molecule has 0 aliphatic carbocycles. The summed E-state index contributed by atoms with van der Waals surface area (Å²) >= 11 is 0. The molecule has 1 fully saturated rings. The van der Waals surface area contributed by atoms with Gasteiger partial charge in [0, 0.05) is 13.2 Å². The van der Waals surface area contributed by atoms with Crippen molar-refractivity contribution in [2.45, 2.75) is 25.8 Å². The fourth-order valence-corrected chi connectivity index (χ4v) is 1.86. The average Bonchev–Trinajstić information content (AvgIpc) is 2.40. The van der Waals surface area contributed by atoms with Gasteiger partial charge in [0.05, 0.1) is 25.0 Å². The molecule has 1 atom stereocenters. The molecule has 1 amide bonds. The molecule has 1 unspecified atom stereocenters. The van der Waals surface area contributed by atoms with Gasteiger partial charge in [0.15, 0.2) is 0 Å². The summed E-state index contributed by atoms with van der Waals surface area (Å²) in [5.41, 5.74) is 0.332. The van der Waals surface area contributed by atoms with Crippen LogP contribution >= 0.6 is 0 Å². The molecule has 1 aliphatic heterocycles. The molecule has 98 valence electrons. The van der Waals surface area contributed by atoms with Crippen molar-refractivity contribution in [1.29, 1.82) is 0 Å². The van der Waals surface area contributed by atoms with Crippen molar-refractivity contribution in [3.8, 4) is 0 Å². The first-order chi connectivity index (χ1) is 8.79. The van der Waals surface area contributed by atoms with Crippen molar-refractivity contribution < 1.29 is 9.53 Å². The number of hydrogen-bond acceptors (Lipinski definition) is 5. The minimum atomic E-state index is -0.197. The normalized spacial score (nSPS) is 19.3. The summed E-state index contributed by atoms with van der Waals surface area (Å²) in [4.78, 5) is 20.2. The Morgan fingerprint density at radius 2 is 2.44 bits per heavy atom. The molecule has 2 heterocycles. The molecule has 0 saturated carbocycles. The van der Waals surface area contributed by atoms with E-state index in [4.69, 9.17) is 4.74 Å². The SMILES string of the molecule is CCNc1cncc(C(=O)NC2CCCOC2)n1. The van der Waals surface area contributed by atoms with E-state index < -0.39 is 0 Å². The van der Waals surface area contributed by atoms with Gasteiger partial charge >= 0.3 is 0 Å². The molecule has 1 saturated heterocycles. The summed E-state index contributed by atoms with van der Waals surface area (Å²) in [6, 6.07) is 0.0795. The van der Waals surface area contributed by atoms with Gasteiger partial charge in [0.2, 0.25) is 0 Å². The minimum Gasteiger partial charge on any atom is -0.379 e. The van der Waals surface area contributed by atoms with Gasteiger partial charge in [-0.1, -0.05) is 0 Å². The first-order valence-corrected chi connectivity index (χ1v) is 6.24. The maximum absolute atomic E-state index is 12.0. The molecule has 2 rings (SSSR count). The highest BCUT2D eigenvalue weighted by atomic mass is 16.5. The van der Waals surface area contributed by atoms with E-state index >= 15 is 0 Å². The summed E-state index contributed by atoms with van der Waals surface area (Å²) in [6.07, 6.45) is 5.00. The summed E-state index contributed by atoms with van der Waals surface area (Å²) in [6.45, 7) is 4.07. The number of carbonyl (C=O) groups is 1. The van der Waals surface area contributed by atoms with Crippen LogP contribution in [0.2, 0.25) is 0 Å². The third-order valence-corrected chi connectivity index (χ3v) is 2.72. The van der Waals surface area contributed by atoms with Crippen molar-refractivity contribution in [2.24, 2.45) is 0 Å². The van der Waals surface area contributed by atoms with Crippen LogP contribution in [0.1, 0.15) is 30.3 Å². The van der Waals surface area contributed by atoms with Crippen molar-refractivity contribution in [2.75, 3.05) is 25.1 Å². The summed E-state index contributed by atoms with van der Waals surface area (Å²) in [5.74, 6) is 0.419. The van der Waals surface area contributed by atoms with Gasteiger partial charge in [-0.25, -0.2) is 4.98 Å². The van der Waals surface area contributed by atoms with E-state index in [9.17, 15) is 4.79 Å². The van der Waals surface area contributed by atoms with Gasteiger partial charge < -0.3 is 15.4 Å². The summed E-state index contributed by atoms with van der Waals surface area (Å²) in [7, 11) is 0. The molecule has 1 aliphatic rings. The predicted octanol–water partition coefficient (Wildman–Crippen LogP) is 0.817. The van der Waals surface area contributed by atoms with Crippen molar-refractivity contribution in [3.63, 3.8) is 0 Å². The van der Waals surface area contributed by atoms with Crippen LogP contribution in [0.3, 0.4) is 0 Å². The zero-order chi connectivity index (χ0) is 12.8. The van der Waals surface area contributed by atoms with Gasteiger partial charge in [0.25, 0.3) is 5.91 Å². The molecular weight excluding hydrogens is 232 g/mol. The monoisotopic (exact) mass is 250 g/mol.